The van der Waals surface area contributed by atoms with E-state index in [0.29, 0.717) is 5.95 Å². The van der Waals surface area contributed by atoms with E-state index in [1.165, 1.54) is 5.56 Å². The van der Waals surface area contributed by atoms with Crippen LogP contribution in [0.3, 0.4) is 0 Å². The van der Waals surface area contributed by atoms with Crippen LogP contribution in [0.2, 0.25) is 0 Å². The van der Waals surface area contributed by atoms with Gasteiger partial charge in [0.15, 0.2) is 0 Å². The van der Waals surface area contributed by atoms with E-state index in [4.69, 9.17) is 5.73 Å². The number of rotatable bonds is 2. The minimum atomic E-state index is 0. The second kappa shape index (κ2) is 9.94. The van der Waals surface area contributed by atoms with Crippen LogP contribution in [-0.4, -0.2) is 9.97 Å². The molecule has 0 aliphatic heterocycles. The molecule has 0 amide bonds. The number of hydrogen-bond donors (Lipinski definition) is 1. The summed E-state index contributed by atoms with van der Waals surface area (Å²) < 4.78 is 0. The van der Waals surface area contributed by atoms with Crippen LogP contribution in [0.4, 0.5) is 5.95 Å². The van der Waals surface area contributed by atoms with Crippen LogP contribution >= 0.6 is 0 Å². The number of nitrogens with zero attached hydrogens (tertiary/aromatic N) is 2. The second-order valence-electron chi connectivity index (χ2n) is 5.50. The molecule has 1 aromatic carbocycles. The van der Waals surface area contributed by atoms with Gasteiger partial charge in [-0.2, -0.15) is 0 Å². The summed E-state index contributed by atoms with van der Waals surface area (Å²) in [6.07, 6.45) is 18.0. The van der Waals surface area contributed by atoms with Crippen molar-refractivity contribution in [3.63, 3.8) is 0 Å². The zero-order valence-corrected chi connectivity index (χ0v) is 15.0. The normalized spacial score (nSPS) is 16.8. The van der Waals surface area contributed by atoms with Gasteiger partial charge in [-0.25, -0.2) is 9.97 Å². The predicted molar refractivity (Wildman–Crippen MR) is 97.7 cm³/mol. The molecule has 1 aromatic heterocycles. The minimum absolute atomic E-state index is 0. The first-order chi connectivity index (χ1) is 11.7. The molecular weight excluding hydrogens is 350 g/mol. The van der Waals surface area contributed by atoms with Gasteiger partial charge in [-0.3, -0.25) is 0 Å². The Bertz CT molecular complexity index is 637. The van der Waals surface area contributed by atoms with Crippen molar-refractivity contribution < 1.29 is 17.1 Å². The summed E-state index contributed by atoms with van der Waals surface area (Å²) in [5.41, 5.74) is 9.79. The standard InChI is InChI=1S/C16H14N3.C5H5.Fe/c1-11-6-8-13(9-7-11)15-10-14(18-16(17)19-15)12-4-2-3-5-12;1-2-4-5-3-1;/h2-10H,1H3,(H2,17,18,19);1-5H;/q;;+2. The smallest absolute Gasteiger partial charge is 0.368 e. The summed E-state index contributed by atoms with van der Waals surface area (Å²) in [6, 6.07) is 10.2. The first kappa shape index (κ1) is 19.9. The molecule has 2 aliphatic carbocycles. The fraction of sp³-hybridized carbons (Fsp3) is 0.0476. The van der Waals surface area contributed by atoms with Crippen LogP contribution in [0, 0.1) is 70.6 Å². The third-order valence-corrected chi connectivity index (χ3v) is 3.60. The Labute approximate surface area is 162 Å². The van der Waals surface area contributed by atoms with Crippen LogP contribution in [0.5, 0.6) is 0 Å². The van der Waals surface area contributed by atoms with Crippen molar-refractivity contribution in [2.75, 3.05) is 5.73 Å². The summed E-state index contributed by atoms with van der Waals surface area (Å²) in [5, 5.41) is 0. The number of nitrogens with two attached hydrogens (primary N) is 1. The monoisotopic (exact) mass is 369 g/mol. The Morgan fingerprint density at radius 2 is 1.24 bits per heavy atom. The maximum atomic E-state index is 5.81. The SMILES string of the molecule is Cc1ccc(-c2cc([C]3[CH][CH][CH][CH]3)nc(N)n2)cc1.[CH]1[CH][CH][CH][CH]1.[Fe+2]. The molecule has 2 fully saturated rings. The van der Waals surface area contributed by atoms with Gasteiger partial charge in [0.2, 0.25) is 5.95 Å². The fourth-order valence-electron chi connectivity index (χ4n) is 2.35. The van der Waals surface area contributed by atoms with Crippen molar-refractivity contribution in [2.24, 2.45) is 0 Å². The summed E-state index contributed by atoms with van der Waals surface area (Å²) in [7, 11) is 0. The van der Waals surface area contributed by atoms with Gasteiger partial charge in [-0.1, -0.05) is 29.8 Å². The second-order valence-corrected chi connectivity index (χ2v) is 5.50. The van der Waals surface area contributed by atoms with E-state index in [1.807, 2.05) is 76.0 Å². The number of benzene rings is 1. The number of aryl methyl sites for hydroxylation is 1. The van der Waals surface area contributed by atoms with Gasteiger partial charge in [0.25, 0.3) is 0 Å². The van der Waals surface area contributed by atoms with Gasteiger partial charge >= 0.3 is 17.1 Å². The minimum Gasteiger partial charge on any atom is -0.368 e. The molecule has 0 unspecified atom stereocenters. The zero-order chi connectivity index (χ0) is 16.8. The van der Waals surface area contributed by atoms with Crippen LogP contribution in [0.25, 0.3) is 11.3 Å². The predicted octanol–water partition coefficient (Wildman–Crippen LogP) is 3.81. The molecule has 124 valence electrons. The van der Waals surface area contributed by atoms with Crippen molar-refractivity contribution in [1.82, 2.24) is 9.97 Å². The Hall–Kier alpha value is -1.38. The van der Waals surface area contributed by atoms with Gasteiger partial charge < -0.3 is 5.73 Å². The Morgan fingerprint density at radius 3 is 1.80 bits per heavy atom. The molecule has 10 radical (unpaired) electrons. The number of hydrogen-bond acceptors (Lipinski definition) is 3. The molecule has 2 saturated carbocycles. The number of anilines is 1. The molecule has 0 saturated heterocycles. The topological polar surface area (TPSA) is 51.8 Å². The van der Waals surface area contributed by atoms with Gasteiger partial charge in [0.1, 0.15) is 0 Å². The molecule has 0 atom stereocenters. The average molecular weight is 369 g/mol. The molecule has 2 N–H and O–H groups in total. The van der Waals surface area contributed by atoms with Gasteiger partial charge in [0.05, 0.1) is 11.4 Å². The van der Waals surface area contributed by atoms with E-state index in [-0.39, 0.29) is 17.1 Å². The van der Waals surface area contributed by atoms with Gasteiger partial charge in [-0.05, 0) is 70.8 Å². The van der Waals surface area contributed by atoms with Crippen molar-refractivity contribution in [3.05, 3.63) is 105 Å². The molecule has 0 spiro atoms. The van der Waals surface area contributed by atoms with Crippen LogP contribution in [0.15, 0.2) is 30.3 Å². The van der Waals surface area contributed by atoms with E-state index in [9.17, 15) is 0 Å². The van der Waals surface area contributed by atoms with E-state index in [2.05, 4.69) is 29.0 Å². The zero-order valence-electron chi connectivity index (χ0n) is 13.9. The number of aromatic nitrogens is 2. The van der Waals surface area contributed by atoms with Crippen LogP contribution in [-0.2, 0) is 17.1 Å². The maximum Gasteiger partial charge on any atom is 2.00 e. The maximum absolute atomic E-state index is 5.81. The summed E-state index contributed by atoms with van der Waals surface area (Å²) in [6.45, 7) is 2.06. The third-order valence-electron chi connectivity index (χ3n) is 3.60. The number of nitrogen functional groups attached to an aromatic ring is 1. The van der Waals surface area contributed by atoms with Crippen LogP contribution in [0.1, 0.15) is 11.3 Å². The Balaban J connectivity index is 0.000000325. The molecule has 4 rings (SSSR count). The molecule has 4 heteroatoms. The molecular formula is C21H19FeN3+2. The van der Waals surface area contributed by atoms with E-state index >= 15 is 0 Å². The van der Waals surface area contributed by atoms with Crippen molar-refractivity contribution in [1.29, 1.82) is 0 Å². The Kier molecular flexibility index (Phi) is 7.92. The van der Waals surface area contributed by atoms with Gasteiger partial charge in [0, 0.05) is 11.5 Å². The van der Waals surface area contributed by atoms with Crippen molar-refractivity contribution in [2.45, 2.75) is 6.92 Å². The fourth-order valence-corrected chi connectivity index (χ4v) is 2.35. The van der Waals surface area contributed by atoms with Crippen molar-refractivity contribution in [3.8, 4) is 11.3 Å². The molecule has 3 nitrogen and oxygen atoms in total. The van der Waals surface area contributed by atoms with E-state index in [0.717, 1.165) is 22.9 Å². The van der Waals surface area contributed by atoms with E-state index in [1.54, 1.807) is 0 Å². The molecule has 2 aliphatic rings. The van der Waals surface area contributed by atoms with Crippen molar-refractivity contribution >= 4 is 5.95 Å². The van der Waals surface area contributed by atoms with Crippen LogP contribution < -0.4 is 5.73 Å². The Morgan fingerprint density at radius 1 is 0.720 bits per heavy atom. The average Bonchev–Trinajstić information content (AvgIpc) is 3.31. The molecule has 1 heterocycles. The molecule has 2 aromatic rings. The summed E-state index contributed by atoms with van der Waals surface area (Å²) in [4.78, 5) is 8.60. The van der Waals surface area contributed by atoms with E-state index < -0.39 is 0 Å². The quantitative estimate of drug-likeness (QED) is 0.820. The summed E-state index contributed by atoms with van der Waals surface area (Å²) in [5.74, 6) is 1.36. The van der Waals surface area contributed by atoms with Gasteiger partial charge in [-0.15, -0.1) is 0 Å². The first-order valence-electron chi connectivity index (χ1n) is 7.83. The molecule has 25 heavy (non-hydrogen) atoms. The third kappa shape index (κ3) is 5.83. The first-order valence-corrected chi connectivity index (χ1v) is 7.83. The summed E-state index contributed by atoms with van der Waals surface area (Å²) >= 11 is 0. The molecule has 0 bridgehead atoms. The largest absolute Gasteiger partial charge is 2.00 e.